The topological polar surface area (TPSA) is 62.5 Å². The lowest BCUT2D eigenvalue weighted by atomic mass is 10.4. The number of aromatic nitrogens is 2. The molecule has 6 heteroatoms. The van der Waals surface area contributed by atoms with Crippen LogP contribution < -0.4 is 15.8 Å². The second kappa shape index (κ2) is 5.86. The van der Waals surface area contributed by atoms with Crippen LogP contribution in [0.4, 0.5) is 17.5 Å². The van der Waals surface area contributed by atoms with Crippen LogP contribution >= 0.6 is 0 Å². The Hall–Kier alpha value is -1.85. The van der Waals surface area contributed by atoms with E-state index in [4.69, 9.17) is 0 Å². The highest BCUT2D eigenvalue weighted by Gasteiger charge is 2.21. The van der Waals surface area contributed by atoms with Crippen molar-refractivity contribution in [1.82, 2.24) is 9.55 Å². The van der Waals surface area contributed by atoms with Crippen LogP contribution in [0.2, 0.25) is 0 Å². The summed E-state index contributed by atoms with van der Waals surface area (Å²) in [5.74, 6) is 1.12. The van der Waals surface area contributed by atoms with Crippen molar-refractivity contribution in [1.29, 1.82) is 0 Å². The molecule has 1 aliphatic heterocycles. The Bertz CT molecular complexity index is 517. The summed E-state index contributed by atoms with van der Waals surface area (Å²) in [6.07, 6.45) is 3.19. The molecule has 104 valence electrons. The van der Waals surface area contributed by atoms with Gasteiger partial charge in [0.15, 0.2) is 5.82 Å². The third-order valence-corrected chi connectivity index (χ3v) is 3.37. The molecular formula is C13H21N5O. The Balaban J connectivity index is 2.59. The third kappa shape index (κ3) is 2.47. The van der Waals surface area contributed by atoms with Gasteiger partial charge in [0.1, 0.15) is 5.69 Å². The highest BCUT2D eigenvalue weighted by molar-refractivity contribution is 5.64. The molecule has 0 aliphatic carbocycles. The lowest BCUT2D eigenvalue weighted by Gasteiger charge is -2.22. The minimum absolute atomic E-state index is 0.0661. The fourth-order valence-corrected chi connectivity index (χ4v) is 2.45. The number of rotatable bonds is 5. The van der Waals surface area contributed by atoms with E-state index in [0.717, 1.165) is 38.3 Å². The van der Waals surface area contributed by atoms with E-state index in [2.05, 4.69) is 33.8 Å². The molecule has 1 aromatic heterocycles. The maximum absolute atomic E-state index is 12.5. The van der Waals surface area contributed by atoms with Crippen LogP contribution in [0.5, 0.6) is 0 Å². The van der Waals surface area contributed by atoms with Crippen LogP contribution in [-0.4, -0.2) is 36.4 Å². The van der Waals surface area contributed by atoms with Gasteiger partial charge in [0.25, 0.3) is 5.56 Å². The number of aliphatic imine (C=N–C) groups is 1. The van der Waals surface area contributed by atoms with Crippen molar-refractivity contribution in [2.24, 2.45) is 4.99 Å². The summed E-state index contributed by atoms with van der Waals surface area (Å²) >= 11 is 0. The summed E-state index contributed by atoms with van der Waals surface area (Å²) in [6, 6.07) is 0. The minimum Gasteiger partial charge on any atom is -0.381 e. The Labute approximate surface area is 113 Å². The molecule has 1 saturated heterocycles. The highest BCUT2D eigenvalue weighted by atomic mass is 16.1. The summed E-state index contributed by atoms with van der Waals surface area (Å²) in [5, 5.41) is 2.88. The van der Waals surface area contributed by atoms with E-state index in [1.165, 1.54) is 0 Å². The van der Waals surface area contributed by atoms with Crippen LogP contribution in [-0.2, 0) is 6.54 Å². The molecule has 0 radical (unpaired) electrons. The Morgan fingerprint density at radius 2 is 2.11 bits per heavy atom. The zero-order chi connectivity index (χ0) is 13.8. The van der Waals surface area contributed by atoms with Gasteiger partial charge in [0.2, 0.25) is 5.95 Å². The summed E-state index contributed by atoms with van der Waals surface area (Å²) in [7, 11) is 1.71. The zero-order valence-corrected chi connectivity index (χ0v) is 11.6. The zero-order valence-electron chi connectivity index (χ0n) is 11.6. The fraction of sp³-hybridized carbons (Fsp3) is 0.615. The summed E-state index contributed by atoms with van der Waals surface area (Å²) < 4.78 is 1.74. The molecule has 0 amide bonds. The van der Waals surface area contributed by atoms with E-state index in [1.807, 2.05) is 0 Å². The van der Waals surface area contributed by atoms with Crippen LogP contribution in [0.1, 0.15) is 26.2 Å². The van der Waals surface area contributed by atoms with E-state index in [9.17, 15) is 4.79 Å². The third-order valence-electron chi connectivity index (χ3n) is 3.37. The lowest BCUT2D eigenvalue weighted by Crippen LogP contribution is -2.32. The van der Waals surface area contributed by atoms with E-state index in [1.54, 1.807) is 11.6 Å². The summed E-state index contributed by atoms with van der Waals surface area (Å²) in [6.45, 7) is 8.13. The van der Waals surface area contributed by atoms with Gasteiger partial charge in [-0.1, -0.05) is 6.92 Å². The SMILES string of the molecule is C=Nc1nc(N2CCCC2)n(CCC)c(=O)c1NC. The molecule has 6 nitrogen and oxygen atoms in total. The first-order valence-electron chi connectivity index (χ1n) is 6.77. The van der Waals surface area contributed by atoms with Crippen molar-refractivity contribution in [2.75, 3.05) is 30.4 Å². The molecule has 0 saturated carbocycles. The van der Waals surface area contributed by atoms with Crippen LogP contribution in [0.3, 0.4) is 0 Å². The molecule has 1 fully saturated rings. The van der Waals surface area contributed by atoms with Gasteiger partial charge < -0.3 is 10.2 Å². The molecule has 1 N–H and O–H groups in total. The Morgan fingerprint density at radius 1 is 1.42 bits per heavy atom. The van der Waals surface area contributed by atoms with Gasteiger partial charge >= 0.3 is 0 Å². The lowest BCUT2D eigenvalue weighted by molar-refractivity contribution is 0.630. The Kier molecular flexibility index (Phi) is 4.19. The van der Waals surface area contributed by atoms with Gasteiger partial charge in [-0.25, -0.2) is 4.99 Å². The van der Waals surface area contributed by atoms with Crippen molar-refractivity contribution in [3.63, 3.8) is 0 Å². The molecule has 0 unspecified atom stereocenters. The van der Waals surface area contributed by atoms with Crippen LogP contribution in [0.25, 0.3) is 0 Å². The first-order valence-corrected chi connectivity index (χ1v) is 6.77. The number of hydrogen-bond acceptors (Lipinski definition) is 5. The fourth-order valence-electron chi connectivity index (χ4n) is 2.45. The molecular weight excluding hydrogens is 242 g/mol. The van der Waals surface area contributed by atoms with Crippen LogP contribution in [0, 0.1) is 0 Å². The van der Waals surface area contributed by atoms with Gasteiger partial charge in [-0.05, 0) is 26.0 Å². The highest BCUT2D eigenvalue weighted by Crippen LogP contribution is 2.24. The van der Waals surface area contributed by atoms with Crippen molar-refractivity contribution in [3.8, 4) is 0 Å². The number of nitrogens with one attached hydrogen (secondary N) is 1. The summed E-state index contributed by atoms with van der Waals surface area (Å²) in [5.41, 5.74) is 0.357. The molecule has 1 aliphatic rings. The quantitative estimate of drug-likeness (QED) is 0.820. The van der Waals surface area contributed by atoms with Crippen molar-refractivity contribution in [3.05, 3.63) is 10.4 Å². The first kappa shape index (κ1) is 13.6. The molecule has 1 aromatic rings. The van der Waals surface area contributed by atoms with Gasteiger partial charge in [-0.3, -0.25) is 9.36 Å². The number of anilines is 2. The molecule has 2 heterocycles. The maximum atomic E-state index is 12.5. The molecule has 19 heavy (non-hydrogen) atoms. The average Bonchev–Trinajstić information content (AvgIpc) is 2.94. The smallest absolute Gasteiger partial charge is 0.280 e. The van der Waals surface area contributed by atoms with Gasteiger partial charge in [0.05, 0.1) is 0 Å². The second-order valence-electron chi connectivity index (χ2n) is 4.67. The Morgan fingerprint density at radius 3 is 2.63 bits per heavy atom. The van der Waals surface area contributed by atoms with Crippen molar-refractivity contribution in [2.45, 2.75) is 32.7 Å². The van der Waals surface area contributed by atoms with Crippen molar-refractivity contribution >= 4 is 24.2 Å². The first-order chi connectivity index (χ1) is 9.22. The molecule has 2 rings (SSSR count). The molecule has 0 aromatic carbocycles. The summed E-state index contributed by atoms with van der Waals surface area (Å²) in [4.78, 5) is 23.0. The largest absolute Gasteiger partial charge is 0.381 e. The van der Waals surface area contributed by atoms with Gasteiger partial charge in [0, 0.05) is 26.7 Å². The second-order valence-corrected chi connectivity index (χ2v) is 4.67. The van der Waals surface area contributed by atoms with E-state index in [0.29, 0.717) is 18.1 Å². The van der Waals surface area contributed by atoms with Gasteiger partial charge in [-0.2, -0.15) is 4.98 Å². The monoisotopic (exact) mass is 263 g/mol. The van der Waals surface area contributed by atoms with E-state index < -0.39 is 0 Å². The normalized spacial score (nSPS) is 14.7. The number of nitrogens with zero attached hydrogens (tertiary/aromatic N) is 4. The predicted molar refractivity (Wildman–Crippen MR) is 79.0 cm³/mol. The molecule has 0 atom stereocenters. The minimum atomic E-state index is -0.0661. The molecule has 0 bridgehead atoms. The van der Waals surface area contributed by atoms with E-state index >= 15 is 0 Å². The molecule has 0 spiro atoms. The standard InChI is InChI=1S/C13H21N5O/c1-4-7-18-12(19)10(14-2)11(15-3)16-13(18)17-8-5-6-9-17/h14H,3-9H2,1-2H3. The van der Waals surface area contributed by atoms with E-state index in [-0.39, 0.29) is 5.56 Å². The van der Waals surface area contributed by atoms with Gasteiger partial charge in [-0.15, -0.1) is 0 Å². The average molecular weight is 263 g/mol. The maximum Gasteiger partial charge on any atom is 0.280 e. The van der Waals surface area contributed by atoms with Crippen molar-refractivity contribution < 1.29 is 0 Å². The van der Waals surface area contributed by atoms with Crippen LogP contribution in [0.15, 0.2) is 9.79 Å². The number of hydrogen-bond donors (Lipinski definition) is 1. The predicted octanol–water partition coefficient (Wildman–Crippen LogP) is 1.63.